The highest BCUT2D eigenvalue weighted by Gasteiger charge is 2.20. The van der Waals surface area contributed by atoms with Crippen LogP contribution in [-0.4, -0.2) is 40.6 Å². The van der Waals surface area contributed by atoms with Gasteiger partial charge in [0.05, 0.1) is 12.3 Å². The van der Waals surface area contributed by atoms with Crippen LogP contribution < -0.4 is 16.6 Å². The molecule has 0 fully saturated rings. The van der Waals surface area contributed by atoms with Crippen LogP contribution in [0.2, 0.25) is 0 Å². The van der Waals surface area contributed by atoms with E-state index in [-0.39, 0.29) is 18.2 Å². The van der Waals surface area contributed by atoms with Crippen LogP contribution in [0.5, 0.6) is 0 Å². The van der Waals surface area contributed by atoms with Gasteiger partial charge in [-0.1, -0.05) is 0 Å². The van der Waals surface area contributed by atoms with Gasteiger partial charge in [0.2, 0.25) is 0 Å². The molecule has 8 heteroatoms. The van der Waals surface area contributed by atoms with Crippen molar-refractivity contribution in [2.75, 3.05) is 20.6 Å². The molecular formula is C15H20N4O4. The SMILES string of the molecule is CN(C)C(CNC(=O)c1cn(C)c(=O)n(C)c1=O)c1ccco1. The van der Waals surface area contributed by atoms with Crippen molar-refractivity contribution in [2.24, 2.45) is 14.1 Å². The van der Waals surface area contributed by atoms with E-state index in [0.717, 1.165) is 4.57 Å². The summed E-state index contributed by atoms with van der Waals surface area (Å²) in [5, 5.41) is 2.71. The van der Waals surface area contributed by atoms with Gasteiger partial charge in [-0.05, 0) is 26.2 Å². The maximum Gasteiger partial charge on any atom is 0.330 e. The van der Waals surface area contributed by atoms with Crippen molar-refractivity contribution in [2.45, 2.75) is 6.04 Å². The lowest BCUT2D eigenvalue weighted by molar-refractivity contribution is 0.0936. The lowest BCUT2D eigenvalue weighted by Gasteiger charge is -2.22. The Hall–Kier alpha value is -2.61. The predicted molar refractivity (Wildman–Crippen MR) is 84.4 cm³/mol. The molecule has 0 spiro atoms. The van der Waals surface area contributed by atoms with Gasteiger partial charge in [-0.15, -0.1) is 0 Å². The van der Waals surface area contributed by atoms with Gasteiger partial charge in [-0.2, -0.15) is 0 Å². The molecule has 1 N–H and O–H groups in total. The minimum atomic E-state index is -0.620. The molecule has 124 valence electrons. The number of hydrogen-bond donors (Lipinski definition) is 1. The highest BCUT2D eigenvalue weighted by molar-refractivity contribution is 5.93. The van der Waals surface area contributed by atoms with Crippen molar-refractivity contribution in [3.8, 4) is 0 Å². The number of carbonyl (C=O) groups is 1. The first kappa shape index (κ1) is 16.8. The standard InChI is InChI=1S/C15H20N4O4/c1-17(2)11(12-6-5-7-23-12)8-16-13(20)10-9-18(3)15(22)19(4)14(10)21/h5-7,9,11H,8H2,1-4H3,(H,16,20). The molecule has 2 rings (SSSR count). The van der Waals surface area contributed by atoms with E-state index in [2.05, 4.69) is 5.32 Å². The van der Waals surface area contributed by atoms with Crippen LogP contribution in [-0.2, 0) is 14.1 Å². The molecule has 8 nitrogen and oxygen atoms in total. The summed E-state index contributed by atoms with van der Waals surface area (Å²) in [6.07, 6.45) is 2.81. The van der Waals surface area contributed by atoms with Gasteiger partial charge in [0.1, 0.15) is 11.3 Å². The maximum absolute atomic E-state index is 12.3. The van der Waals surface area contributed by atoms with Gasteiger partial charge in [0.15, 0.2) is 0 Å². The smallest absolute Gasteiger partial charge is 0.330 e. The average Bonchev–Trinajstić information content (AvgIpc) is 3.02. The van der Waals surface area contributed by atoms with Crippen LogP contribution in [0.1, 0.15) is 22.2 Å². The van der Waals surface area contributed by atoms with Crippen LogP contribution >= 0.6 is 0 Å². The number of rotatable bonds is 5. The zero-order valence-corrected chi connectivity index (χ0v) is 13.6. The van der Waals surface area contributed by atoms with Crippen LogP contribution in [0.3, 0.4) is 0 Å². The molecule has 0 aliphatic carbocycles. The van der Waals surface area contributed by atoms with E-state index in [1.165, 1.54) is 24.9 Å². The zero-order chi connectivity index (χ0) is 17.1. The normalized spacial score (nSPS) is 12.4. The molecule has 0 saturated heterocycles. The molecule has 1 atom stereocenters. The topological polar surface area (TPSA) is 89.5 Å². The summed E-state index contributed by atoms with van der Waals surface area (Å²) in [6.45, 7) is 0.269. The number of likely N-dealkylation sites (N-methyl/N-ethyl adjacent to an activating group) is 1. The number of nitrogens with one attached hydrogen (secondary N) is 1. The van der Waals surface area contributed by atoms with Crippen molar-refractivity contribution in [3.05, 3.63) is 56.8 Å². The van der Waals surface area contributed by atoms with Crippen LogP contribution in [0.25, 0.3) is 0 Å². The van der Waals surface area contributed by atoms with E-state index in [1.807, 2.05) is 25.1 Å². The molecule has 0 aliphatic heterocycles. The van der Waals surface area contributed by atoms with Gasteiger partial charge < -0.3 is 14.3 Å². The number of furan rings is 1. The quantitative estimate of drug-likeness (QED) is 0.818. The lowest BCUT2D eigenvalue weighted by atomic mass is 10.2. The first-order valence-electron chi connectivity index (χ1n) is 7.07. The summed E-state index contributed by atoms with van der Waals surface area (Å²) >= 11 is 0. The fourth-order valence-electron chi connectivity index (χ4n) is 2.27. The minimum Gasteiger partial charge on any atom is -0.468 e. The number of nitrogens with zero attached hydrogens (tertiary/aromatic N) is 3. The second-order valence-electron chi connectivity index (χ2n) is 5.51. The molecule has 0 saturated carbocycles. The summed E-state index contributed by atoms with van der Waals surface area (Å²) in [5.41, 5.74) is -1.18. The van der Waals surface area contributed by atoms with Crippen molar-refractivity contribution >= 4 is 5.91 Å². The molecular weight excluding hydrogens is 300 g/mol. The molecule has 2 aromatic heterocycles. The summed E-state index contributed by atoms with van der Waals surface area (Å²) < 4.78 is 7.48. The Morgan fingerprint density at radius 1 is 1.35 bits per heavy atom. The van der Waals surface area contributed by atoms with Crippen LogP contribution in [0.15, 0.2) is 38.6 Å². The largest absolute Gasteiger partial charge is 0.468 e. The highest BCUT2D eigenvalue weighted by Crippen LogP contribution is 2.17. The Morgan fingerprint density at radius 3 is 2.61 bits per heavy atom. The number of aryl methyl sites for hydroxylation is 1. The van der Waals surface area contributed by atoms with Crippen molar-refractivity contribution < 1.29 is 9.21 Å². The summed E-state index contributed by atoms with van der Waals surface area (Å²) in [5.74, 6) is 0.184. The van der Waals surface area contributed by atoms with Crippen LogP contribution in [0, 0.1) is 0 Å². The minimum absolute atomic E-state index is 0.0773. The second kappa shape index (κ2) is 6.66. The molecule has 1 unspecified atom stereocenters. The van der Waals surface area contributed by atoms with E-state index < -0.39 is 17.2 Å². The Balaban J connectivity index is 2.20. The second-order valence-corrected chi connectivity index (χ2v) is 5.51. The van der Waals surface area contributed by atoms with E-state index in [1.54, 1.807) is 12.3 Å². The third-order valence-electron chi connectivity index (χ3n) is 3.64. The first-order chi connectivity index (χ1) is 10.8. The van der Waals surface area contributed by atoms with Gasteiger partial charge in [0.25, 0.3) is 11.5 Å². The number of hydrogen-bond acceptors (Lipinski definition) is 5. The Kier molecular flexibility index (Phi) is 4.85. The molecule has 2 aromatic rings. The third-order valence-corrected chi connectivity index (χ3v) is 3.64. The summed E-state index contributed by atoms with van der Waals surface area (Å²) in [7, 11) is 6.56. The number of amides is 1. The van der Waals surface area contributed by atoms with Gasteiger partial charge in [0, 0.05) is 26.8 Å². The first-order valence-corrected chi connectivity index (χ1v) is 7.07. The monoisotopic (exact) mass is 320 g/mol. The average molecular weight is 320 g/mol. The number of carbonyl (C=O) groups excluding carboxylic acids is 1. The molecule has 0 aliphatic rings. The van der Waals surface area contributed by atoms with Gasteiger partial charge in [-0.25, -0.2) is 4.79 Å². The fraction of sp³-hybridized carbons (Fsp3) is 0.400. The van der Waals surface area contributed by atoms with Crippen molar-refractivity contribution in [3.63, 3.8) is 0 Å². The predicted octanol–water partition coefficient (Wildman–Crippen LogP) is -0.290. The Morgan fingerprint density at radius 2 is 2.04 bits per heavy atom. The van der Waals surface area contributed by atoms with Gasteiger partial charge >= 0.3 is 5.69 Å². The highest BCUT2D eigenvalue weighted by atomic mass is 16.3. The molecule has 0 radical (unpaired) electrons. The molecule has 0 bridgehead atoms. The molecule has 1 amide bonds. The van der Waals surface area contributed by atoms with Crippen molar-refractivity contribution in [1.29, 1.82) is 0 Å². The zero-order valence-electron chi connectivity index (χ0n) is 13.6. The Labute approximate surface area is 132 Å². The van der Waals surface area contributed by atoms with Gasteiger partial charge in [-0.3, -0.25) is 19.1 Å². The van der Waals surface area contributed by atoms with E-state index in [0.29, 0.717) is 5.76 Å². The van der Waals surface area contributed by atoms with Crippen molar-refractivity contribution in [1.82, 2.24) is 19.4 Å². The molecule has 0 aromatic carbocycles. The maximum atomic E-state index is 12.3. The third kappa shape index (κ3) is 3.42. The van der Waals surface area contributed by atoms with E-state index >= 15 is 0 Å². The summed E-state index contributed by atoms with van der Waals surface area (Å²) in [4.78, 5) is 37.9. The fourth-order valence-corrected chi connectivity index (χ4v) is 2.27. The lowest BCUT2D eigenvalue weighted by Crippen LogP contribution is -2.43. The summed E-state index contributed by atoms with van der Waals surface area (Å²) in [6, 6.07) is 3.43. The van der Waals surface area contributed by atoms with Crippen LogP contribution in [0.4, 0.5) is 0 Å². The molecule has 2 heterocycles. The Bertz CT molecular complexity index is 802. The molecule has 23 heavy (non-hydrogen) atoms. The van der Waals surface area contributed by atoms with E-state index in [4.69, 9.17) is 4.42 Å². The van der Waals surface area contributed by atoms with E-state index in [9.17, 15) is 14.4 Å². The number of aromatic nitrogens is 2.